The molecular formula is C20H18ClN3O. The Bertz CT molecular complexity index is 988. The van der Waals surface area contributed by atoms with Crippen molar-refractivity contribution >= 4 is 28.5 Å². The lowest BCUT2D eigenvalue weighted by atomic mass is 10.0. The fourth-order valence-corrected chi connectivity index (χ4v) is 4.16. The van der Waals surface area contributed by atoms with Crippen molar-refractivity contribution in [2.45, 2.75) is 38.4 Å². The minimum Gasteiger partial charge on any atom is -0.333 e. The number of carbonyl (C=O) groups excluding carboxylic acids is 1. The molecule has 2 aliphatic rings. The van der Waals surface area contributed by atoms with E-state index in [0.717, 1.165) is 47.2 Å². The average molecular weight is 352 g/mol. The Balaban J connectivity index is 1.80. The molecular weight excluding hydrogens is 334 g/mol. The molecule has 1 unspecified atom stereocenters. The molecule has 25 heavy (non-hydrogen) atoms. The summed E-state index contributed by atoms with van der Waals surface area (Å²) in [6, 6.07) is 12.3. The number of pyridine rings is 1. The number of hydrogen-bond acceptors (Lipinski definition) is 2. The molecule has 3 aromatic rings. The van der Waals surface area contributed by atoms with E-state index in [0.29, 0.717) is 11.1 Å². The van der Waals surface area contributed by atoms with Crippen molar-refractivity contribution in [3.05, 3.63) is 53.3 Å². The van der Waals surface area contributed by atoms with E-state index < -0.39 is 0 Å². The van der Waals surface area contributed by atoms with Gasteiger partial charge in [-0.15, -0.1) is 0 Å². The van der Waals surface area contributed by atoms with Gasteiger partial charge >= 0.3 is 0 Å². The second-order valence-corrected chi connectivity index (χ2v) is 7.44. The third kappa shape index (κ3) is 2.20. The van der Waals surface area contributed by atoms with Gasteiger partial charge in [-0.05, 0) is 49.6 Å². The van der Waals surface area contributed by atoms with Crippen molar-refractivity contribution in [2.24, 2.45) is 0 Å². The van der Waals surface area contributed by atoms with Crippen LogP contribution in [-0.4, -0.2) is 32.4 Å². The zero-order valence-corrected chi connectivity index (χ0v) is 14.7. The van der Waals surface area contributed by atoms with E-state index in [4.69, 9.17) is 11.6 Å². The van der Waals surface area contributed by atoms with Crippen molar-refractivity contribution in [3.63, 3.8) is 0 Å². The highest BCUT2D eigenvalue weighted by molar-refractivity contribution is 6.30. The molecule has 4 nitrogen and oxygen atoms in total. The van der Waals surface area contributed by atoms with Crippen molar-refractivity contribution < 1.29 is 4.79 Å². The summed E-state index contributed by atoms with van der Waals surface area (Å²) in [4.78, 5) is 20.1. The molecule has 1 aliphatic carbocycles. The maximum absolute atomic E-state index is 13.4. The summed E-state index contributed by atoms with van der Waals surface area (Å²) in [5, 5.41) is 0.689. The molecule has 0 radical (unpaired) electrons. The monoisotopic (exact) mass is 351 g/mol. The third-order valence-corrected chi connectivity index (χ3v) is 5.50. The first-order valence-electron chi connectivity index (χ1n) is 8.71. The summed E-state index contributed by atoms with van der Waals surface area (Å²) in [7, 11) is 0. The molecule has 5 rings (SSSR count). The van der Waals surface area contributed by atoms with E-state index in [-0.39, 0.29) is 11.9 Å². The molecule has 0 N–H and O–H groups in total. The molecule has 1 aliphatic heterocycles. The highest BCUT2D eigenvalue weighted by atomic mass is 35.5. The zero-order valence-electron chi connectivity index (χ0n) is 13.9. The second kappa shape index (κ2) is 5.33. The average Bonchev–Trinajstić information content (AvgIpc) is 3.38. The van der Waals surface area contributed by atoms with Crippen LogP contribution >= 0.6 is 11.6 Å². The number of carbonyl (C=O) groups is 1. The first-order chi connectivity index (χ1) is 12.1. The number of amides is 1. The van der Waals surface area contributed by atoms with Gasteiger partial charge in [-0.1, -0.05) is 23.7 Å². The number of nitrogens with zero attached hydrogens (tertiary/aromatic N) is 3. The molecule has 2 aromatic heterocycles. The molecule has 126 valence electrons. The number of halogens is 1. The normalized spacial score (nSPS) is 20.2. The van der Waals surface area contributed by atoms with Gasteiger partial charge in [-0.25, -0.2) is 0 Å². The van der Waals surface area contributed by atoms with Crippen molar-refractivity contribution in [1.29, 1.82) is 0 Å². The molecule has 1 amide bonds. The van der Waals surface area contributed by atoms with Crippen LogP contribution in [0.15, 0.2) is 42.6 Å². The third-order valence-electron chi connectivity index (χ3n) is 5.25. The highest BCUT2D eigenvalue weighted by Gasteiger charge is 2.42. The lowest BCUT2D eigenvalue weighted by Crippen LogP contribution is -2.47. The molecule has 1 fully saturated rings. The molecule has 0 spiro atoms. The van der Waals surface area contributed by atoms with Gasteiger partial charge < -0.3 is 9.47 Å². The van der Waals surface area contributed by atoms with Gasteiger partial charge in [-0.3, -0.25) is 9.78 Å². The molecule has 1 saturated carbocycles. The van der Waals surface area contributed by atoms with Crippen LogP contribution in [0.5, 0.6) is 0 Å². The SMILES string of the molecule is CC1Cn2c(c(-c3ccc(Cl)cc3)c3ncccc32)C(=O)N1C1CC1. The topological polar surface area (TPSA) is 38.1 Å². The van der Waals surface area contributed by atoms with Gasteiger partial charge in [0.2, 0.25) is 0 Å². The highest BCUT2D eigenvalue weighted by Crippen LogP contribution is 2.40. The summed E-state index contributed by atoms with van der Waals surface area (Å²) >= 11 is 6.06. The number of hydrogen-bond donors (Lipinski definition) is 0. The number of benzene rings is 1. The Morgan fingerprint density at radius 1 is 1.16 bits per heavy atom. The zero-order chi connectivity index (χ0) is 17.1. The van der Waals surface area contributed by atoms with Crippen LogP contribution in [0.3, 0.4) is 0 Å². The standard InChI is InChI=1S/C20H18ClN3O/c1-12-11-23-16-3-2-10-22-18(16)17(13-4-6-14(21)7-5-13)19(23)20(25)24(12)15-8-9-15/h2-7,10,12,15H,8-9,11H2,1H3. The van der Waals surface area contributed by atoms with Crippen molar-refractivity contribution in [3.8, 4) is 11.1 Å². The second-order valence-electron chi connectivity index (χ2n) is 7.00. The van der Waals surface area contributed by atoms with Crippen LogP contribution in [-0.2, 0) is 6.54 Å². The quantitative estimate of drug-likeness (QED) is 0.687. The maximum Gasteiger partial charge on any atom is 0.271 e. The van der Waals surface area contributed by atoms with Gasteiger partial charge in [0.1, 0.15) is 5.69 Å². The first kappa shape index (κ1) is 15.0. The predicted octanol–water partition coefficient (Wildman–Crippen LogP) is 4.36. The van der Waals surface area contributed by atoms with Crippen LogP contribution in [0, 0.1) is 0 Å². The van der Waals surface area contributed by atoms with E-state index in [2.05, 4.69) is 27.4 Å². The molecule has 0 bridgehead atoms. The molecule has 1 atom stereocenters. The van der Waals surface area contributed by atoms with Crippen LogP contribution in [0.25, 0.3) is 22.2 Å². The lowest BCUT2D eigenvalue weighted by molar-refractivity contribution is 0.0600. The van der Waals surface area contributed by atoms with Gasteiger partial charge in [0, 0.05) is 35.4 Å². The predicted molar refractivity (Wildman–Crippen MR) is 98.8 cm³/mol. The summed E-state index contributed by atoms with van der Waals surface area (Å²) in [5.41, 5.74) is 4.59. The van der Waals surface area contributed by atoms with Crippen molar-refractivity contribution in [2.75, 3.05) is 0 Å². The Kier molecular flexibility index (Phi) is 3.19. The van der Waals surface area contributed by atoms with E-state index >= 15 is 0 Å². The van der Waals surface area contributed by atoms with Gasteiger partial charge in [0.05, 0.1) is 11.0 Å². The molecule has 3 heterocycles. The largest absolute Gasteiger partial charge is 0.333 e. The van der Waals surface area contributed by atoms with Gasteiger partial charge in [0.15, 0.2) is 0 Å². The van der Waals surface area contributed by atoms with Crippen LogP contribution < -0.4 is 0 Å². The Morgan fingerprint density at radius 3 is 2.64 bits per heavy atom. The van der Waals surface area contributed by atoms with Crippen molar-refractivity contribution in [1.82, 2.24) is 14.5 Å². The number of fused-ring (bicyclic) bond motifs is 3. The number of aromatic nitrogens is 2. The van der Waals surface area contributed by atoms with Crippen LogP contribution in [0.1, 0.15) is 30.3 Å². The molecule has 0 saturated heterocycles. The van der Waals surface area contributed by atoms with E-state index in [9.17, 15) is 4.79 Å². The summed E-state index contributed by atoms with van der Waals surface area (Å²) < 4.78 is 2.15. The summed E-state index contributed by atoms with van der Waals surface area (Å²) in [6.45, 7) is 2.96. The Hall–Kier alpha value is -2.33. The maximum atomic E-state index is 13.4. The first-order valence-corrected chi connectivity index (χ1v) is 9.09. The van der Waals surface area contributed by atoms with Crippen LogP contribution in [0.2, 0.25) is 5.02 Å². The Labute approximate surface area is 151 Å². The van der Waals surface area contributed by atoms with Gasteiger partial charge in [-0.2, -0.15) is 0 Å². The van der Waals surface area contributed by atoms with E-state index in [1.54, 1.807) is 6.20 Å². The fraction of sp³-hybridized carbons (Fsp3) is 0.300. The molecule has 5 heteroatoms. The van der Waals surface area contributed by atoms with E-state index in [1.807, 2.05) is 30.3 Å². The van der Waals surface area contributed by atoms with Gasteiger partial charge in [0.25, 0.3) is 5.91 Å². The van der Waals surface area contributed by atoms with Crippen LogP contribution in [0.4, 0.5) is 0 Å². The minimum atomic E-state index is 0.129. The number of rotatable bonds is 2. The smallest absolute Gasteiger partial charge is 0.271 e. The fourth-order valence-electron chi connectivity index (χ4n) is 4.03. The summed E-state index contributed by atoms with van der Waals surface area (Å²) in [5.74, 6) is 0.129. The molecule has 1 aromatic carbocycles. The minimum absolute atomic E-state index is 0.129. The van der Waals surface area contributed by atoms with E-state index in [1.165, 1.54) is 0 Å². The summed E-state index contributed by atoms with van der Waals surface area (Å²) in [6.07, 6.45) is 4.02. The lowest BCUT2D eigenvalue weighted by Gasteiger charge is -2.35. The Morgan fingerprint density at radius 2 is 1.92 bits per heavy atom.